The number of fused-ring (bicyclic) bond motifs is 1. The van der Waals surface area contributed by atoms with Gasteiger partial charge in [-0.3, -0.25) is 0 Å². The van der Waals surface area contributed by atoms with E-state index in [2.05, 4.69) is 36.4 Å². The van der Waals surface area contributed by atoms with Crippen molar-refractivity contribution < 1.29 is 4.74 Å². The highest BCUT2D eigenvalue weighted by Gasteiger charge is 2.27. The van der Waals surface area contributed by atoms with E-state index in [1.54, 1.807) is 23.3 Å². The summed E-state index contributed by atoms with van der Waals surface area (Å²) in [6.45, 7) is 6.38. The molecule has 0 saturated carbocycles. The van der Waals surface area contributed by atoms with Crippen LogP contribution in [0.25, 0.3) is 10.2 Å². The van der Waals surface area contributed by atoms with Crippen LogP contribution in [0, 0.1) is 0 Å². The third-order valence-corrected chi connectivity index (χ3v) is 5.70. The molecule has 0 radical (unpaired) electrons. The summed E-state index contributed by atoms with van der Waals surface area (Å²) in [7, 11) is 0. The van der Waals surface area contributed by atoms with Gasteiger partial charge >= 0.3 is 0 Å². The van der Waals surface area contributed by atoms with Gasteiger partial charge < -0.3 is 4.74 Å². The maximum Gasteiger partial charge on any atom is 0.166 e. The molecule has 1 fully saturated rings. The third-order valence-electron chi connectivity index (χ3n) is 3.59. The van der Waals surface area contributed by atoms with Gasteiger partial charge in [-0.15, -0.1) is 11.3 Å². The molecular formula is C15H20N2OS2. The highest BCUT2D eigenvalue weighted by Crippen LogP contribution is 2.33. The van der Waals surface area contributed by atoms with E-state index in [-0.39, 0.29) is 0 Å². The number of thiazole rings is 1. The van der Waals surface area contributed by atoms with Crippen molar-refractivity contribution in [1.29, 1.82) is 0 Å². The molecule has 20 heavy (non-hydrogen) atoms. The Morgan fingerprint density at radius 2 is 1.95 bits per heavy atom. The van der Waals surface area contributed by atoms with Gasteiger partial charge in [0, 0.05) is 13.1 Å². The maximum absolute atomic E-state index is 6.04. The van der Waals surface area contributed by atoms with Crippen LogP contribution in [-0.2, 0) is 4.74 Å². The number of nitrogens with zero attached hydrogens (tertiary/aromatic N) is 2. The quantitative estimate of drug-likeness (QED) is 0.791. The summed E-state index contributed by atoms with van der Waals surface area (Å²) in [5.41, 5.74) is 1.10. The number of aromatic nitrogens is 1. The van der Waals surface area contributed by atoms with E-state index in [0.717, 1.165) is 35.8 Å². The summed E-state index contributed by atoms with van der Waals surface area (Å²) in [6, 6.07) is 8.34. The molecule has 0 N–H and O–H groups in total. The van der Waals surface area contributed by atoms with Gasteiger partial charge in [-0.25, -0.2) is 9.29 Å². The zero-order chi connectivity index (χ0) is 13.9. The van der Waals surface area contributed by atoms with Crippen LogP contribution in [0.3, 0.4) is 0 Å². The Kier molecular flexibility index (Phi) is 4.61. The molecule has 1 aliphatic rings. The fraction of sp³-hybridized carbons (Fsp3) is 0.533. The molecule has 0 amide bonds. The van der Waals surface area contributed by atoms with Gasteiger partial charge in [-0.05, 0) is 36.9 Å². The lowest BCUT2D eigenvalue weighted by molar-refractivity contribution is -0.0626. The fourth-order valence-corrected chi connectivity index (χ4v) is 4.69. The van der Waals surface area contributed by atoms with Gasteiger partial charge in [-0.2, -0.15) is 0 Å². The van der Waals surface area contributed by atoms with Crippen LogP contribution < -0.4 is 0 Å². The van der Waals surface area contributed by atoms with Crippen LogP contribution in [0.5, 0.6) is 0 Å². The minimum atomic E-state index is 0.357. The van der Waals surface area contributed by atoms with Crippen molar-refractivity contribution in [1.82, 2.24) is 9.29 Å². The van der Waals surface area contributed by atoms with E-state index in [1.807, 2.05) is 6.07 Å². The highest BCUT2D eigenvalue weighted by molar-refractivity contribution is 7.98. The van der Waals surface area contributed by atoms with Gasteiger partial charge in [0.1, 0.15) is 0 Å². The molecule has 108 valence electrons. The van der Waals surface area contributed by atoms with Crippen molar-refractivity contribution in [3.63, 3.8) is 0 Å². The number of para-hydroxylation sites is 1. The highest BCUT2D eigenvalue weighted by atomic mass is 32.2. The number of rotatable bonds is 4. The first-order valence-corrected chi connectivity index (χ1v) is 8.81. The van der Waals surface area contributed by atoms with Crippen LogP contribution in [0.1, 0.15) is 26.7 Å². The van der Waals surface area contributed by atoms with Gasteiger partial charge in [0.05, 0.1) is 22.4 Å². The second-order valence-corrected chi connectivity index (χ2v) is 7.46. The predicted molar refractivity (Wildman–Crippen MR) is 86.3 cm³/mol. The lowest BCUT2D eigenvalue weighted by Crippen LogP contribution is -2.43. The molecule has 2 atom stereocenters. The summed E-state index contributed by atoms with van der Waals surface area (Å²) < 4.78 is 10.9. The Hall–Kier alpha value is -0.620. The van der Waals surface area contributed by atoms with Crippen molar-refractivity contribution in [2.45, 2.75) is 43.2 Å². The summed E-state index contributed by atoms with van der Waals surface area (Å²) >= 11 is 3.57. The first kappa shape index (κ1) is 14.3. The van der Waals surface area contributed by atoms with Crippen molar-refractivity contribution in [3.05, 3.63) is 24.3 Å². The zero-order valence-corrected chi connectivity index (χ0v) is 13.5. The lowest BCUT2D eigenvalue weighted by atomic mass is 10.2. The summed E-state index contributed by atoms with van der Waals surface area (Å²) in [5.74, 6) is 0. The number of ether oxygens (including phenoxy) is 1. The first-order valence-electron chi connectivity index (χ1n) is 7.22. The van der Waals surface area contributed by atoms with Gasteiger partial charge in [0.15, 0.2) is 4.34 Å². The van der Waals surface area contributed by atoms with E-state index in [4.69, 9.17) is 9.72 Å². The van der Waals surface area contributed by atoms with Gasteiger partial charge in [0.2, 0.25) is 0 Å². The first-order chi connectivity index (χ1) is 9.78. The molecule has 0 spiro atoms. The van der Waals surface area contributed by atoms with Crippen molar-refractivity contribution in [3.8, 4) is 0 Å². The average molecular weight is 308 g/mol. The Morgan fingerprint density at radius 3 is 2.60 bits per heavy atom. The van der Waals surface area contributed by atoms with Gasteiger partial charge in [-0.1, -0.05) is 26.0 Å². The number of hydrogen-bond acceptors (Lipinski definition) is 5. The molecule has 3 nitrogen and oxygen atoms in total. The minimum Gasteiger partial charge on any atom is -0.372 e. The normalized spacial score (nSPS) is 24.3. The molecule has 1 aliphatic heterocycles. The fourth-order valence-electron chi connectivity index (χ4n) is 2.41. The molecular weight excluding hydrogens is 288 g/mol. The molecule has 1 aromatic heterocycles. The molecule has 0 aliphatic carbocycles. The minimum absolute atomic E-state index is 0.357. The summed E-state index contributed by atoms with van der Waals surface area (Å²) in [6.07, 6.45) is 2.87. The number of hydrogen-bond donors (Lipinski definition) is 0. The van der Waals surface area contributed by atoms with E-state index in [1.165, 1.54) is 4.70 Å². The van der Waals surface area contributed by atoms with Crippen LogP contribution in [-0.4, -0.2) is 34.6 Å². The van der Waals surface area contributed by atoms with Crippen molar-refractivity contribution in [2.75, 3.05) is 13.1 Å². The maximum atomic E-state index is 6.04. The molecule has 2 heterocycles. The largest absolute Gasteiger partial charge is 0.372 e. The summed E-state index contributed by atoms with van der Waals surface area (Å²) in [5, 5.41) is 0. The number of morpholine rings is 1. The SMILES string of the molecule is CCC1CN(Sc2nc3ccccc3s2)CC(CC)O1. The molecule has 3 rings (SSSR count). The second-order valence-electron chi connectivity index (χ2n) is 5.08. The molecule has 5 heteroatoms. The topological polar surface area (TPSA) is 25.4 Å². The predicted octanol–water partition coefficient (Wildman–Crippen LogP) is 4.19. The van der Waals surface area contributed by atoms with Crippen LogP contribution >= 0.6 is 23.3 Å². The average Bonchev–Trinajstić information content (AvgIpc) is 2.88. The van der Waals surface area contributed by atoms with Crippen LogP contribution in [0.4, 0.5) is 0 Å². The van der Waals surface area contributed by atoms with E-state index in [0.29, 0.717) is 12.2 Å². The smallest absolute Gasteiger partial charge is 0.166 e. The second kappa shape index (κ2) is 6.43. The lowest BCUT2D eigenvalue weighted by Gasteiger charge is -2.36. The van der Waals surface area contributed by atoms with Gasteiger partial charge in [0.25, 0.3) is 0 Å². The third kappa shape index (κ3) is 3.17. The monoisotopic (exact) mass is 308 g/mol. The van der Waals surface area contributed by atoms with Crippen LogP contribution in [0.2, 0.25) is 0 Å². The Labute approximate surface area is 128 Å². The Balaban J connectivity index is 1.72. The molecule has 1 saturated heterocycles. The molecule has 0 bridgehead atoms. The molecule has 1 aromatic carbocycles. The van der Waals surface area contributed by atoms with Crippen LogP contribution in [0.15, 0.2) is 28.6 Å². The Bertz CT molecular complexity index is 527. The zero-order valence-electron chi connectivity index (χ0n) is 11.9. The van der Waals surface area contributed by atoms with E-state index < -0.39 is 0 Å². The van der Waals surface area contributed by atoms with Crippen molar-refractivity contribution >= 4 is 33.5 Å². The standard InChI is InChI=1S/C15H20N2OS2/c1-3-11-9-17(10-12(4-2)18-11)20-15-16-13-7-5-6-8-14(13)19-15/h5-8,11-12H,3-4,9-10H2,1-2H3. The molecule has 2 aromatic rings. The van der Waals surface area contributed by atoms with E-state index in [9.17, 15) is 0 Å². The van der Waals surface area contributed by atoms with Crippen molar-refractivity contribution in [2.24, 2.45) is 0 Å². The molecule has 2 unspecified atom stereocenters. The van der Waals surface area contributed by atoms with E-state index >= 15 is 0 Å². The number of benzene rings is 1. The summed E-state index contributed by atoms with van der Waals surface area (Å²) in [4.78, 5) is 4.71. The Morgan fingerprint density at radius 1 is 1.25 bits per heavy atom.